The third-order valence-electron chi connectivity index (χ3n) is 2.61. The van der Waals surface area contributed by atoms with Gasteiger partial charge in [-0.05, 0) is 18.6 Å². The molecule has 2 N–H and O–H groups in total. The molecule has 1 aliphatic heterocycles. The minimum absolute atomic E-state index is 0.292. The Balaban J connectivity index is 2.20. The van der Waals surface area contributed by atoms with E-state index in [0.717, 1.165) is 0 Å². The highest BCUT2D eigenvalue weighted by Gasteiger charge is 2.32. The topological polar surface area (TPSA) is 55.6 Å². The van der Waals surface area contributed by atoms with Crippen LogP contribution in [0, 0.1) is 0 Å². The summed E-state index contributed by atoms with van der Waals surface area (Å²) < 4.78 is 40.0. The number of benzene rings is 1. The summed E-state index contributed by atoms with van der Waals surface area (Å²) >= 11 is 0. The summed E-state index contributed by atoms with van der Waals surface area (Å²) in [6.07, 6.45) is -4.26. The molecule has 7 heteroatoms. The Morgan fingerprint density at radius 1 is 1.39 bits per heavy atom. The van der Waals surface area contributed by atoms with Crippen molar-refractivity contribution in [2.45, 2.75) is 18.8 Å². The molecule has 0 radical (unpaired) electrons. The number of nitrogens with zero attached hydrogens (tertiary/aromatic N) is 1. The van der Waals surface area contributed by atoms with Gasteiger partial charge in [0, 0.05) is 18.3 Å². The van der Waals surface area contributed by atoms with E-state index in [4.69, 9.17) is 5.73 Å². The van der Waals surface area contributed by atoms with Gasteiger partial charge in [0.1, 0.15) is 5.75 Å². The minimum Gasteiger partial charge on any atom is -0.406 e. The van der Waals surface area contributed by atoms with E-state index in [-0.39, 0.29) is 11.7 Å². The molecule has 0 aromatic heterocycles. The molecule has 1 atom stereocenters. The Morgan fingerprint density at radius 3 is 2.67 bits per heavy atom. The predicted molar refractivity (Wildman–Crippen MR) is 58.1 cm³/mol. The third kappa shape index (κ3) is 2.73. The fourth-order valence-electron chi connectivity index (χ4n) is 1.81. The number of ether oxygens (including phenoxy) is 1. The summed E-state index contributed by atoms with van der Waals surface area (Å²) in [4.78, 5) is 13.0. The zero-order chi connectivity index (χ0) is 13.3. The molecule has 0 spiro atoms. The van der Waals surface area contributed by atoms with E-state index in [2.05, 4.69) is 4.74 Å². The van der Waals surface area contributed by atoms with Crippen molar-refractivity contribution in [1.82, 2.24) is 0 Å². The standard InChI is InChI=1S/C11H11F3N2O2/c12-11(13,14)18-8-3-1-2-7(6-8)16-5-4-9(15)10(16)17/h1-3,6,9H,4-5,15H2. The summed E-state index contributed by atoms with van der Waals surface area (Å²) in [7, 11) is 0. The highest BCUT2D eigenvalue weighted by molar-refractivity contribution is 5.99. The number of anilines is 1. The Labute approximate surface area is 101 Å². The van der Waals surface area contributed by atoms with Gasteiger partial charge in [-0.25, -0.2) is 0 Å². The van der Waals surface area contributed by atoms with E-state index >= 15 is 0 Å². The van der Waals surface area contributed by atoms with Crippen LogP contribution in [0.2, 0.25) is 0 Å². The molecular formula is C11H11F3N2O2. The Kier molecular flexibility index (Phi) is 3.16. The van der Waals surface area contributed by atoms with Crippen LogP contribution in [0.3, 0.4) is 0 Å². The van der Waals surface area contributed by atoms with Gasteiger partial charge in [-0.3, -0.25) is 4.79 Å². The number of rotatable bonds is 2. The summed E-state index contributed by atoms with van der Waals surface area (Å²) in [5.74, 6) is -0.646. The zero-order valence-corrected chi connectivity index (χ0v) is 9.28. The van der Waals surface area contributed by atoms with Gasteiger partial charge < -0.3 is 15.4 Å². The lowest BCUT2D eigenvalue weighted by molar-refractivity contribution is -0.274. The summed E-state index contributed by atoms with van der Waals surface area (Å²) in [6, 6.07) is 4.70. The van der Waals surface area contributed by atoms with E-state index in [9.17, 15) is 18.0 Å². The van der Waals surface area contributed by atoms with Gasteiger partial charge in [0.25, 0.3) is 0 Å². The predicted octanol–water partition coefficient (Wildman–Crippen LogP) is 1.65. The number of amides is 1. The molecule has 4 nitrogen and oxygen atoms in total. The van der Waals surface area contributed by atoms with E-state index in [1.807, 2.05) is 0 Å². The maximum Gasteiger partial charge on any atom is 0.573 e. The first-order chi connectivity index (χ1) is 8.37. The lowest BCUT2D eigenvalue weighted by Gasteiger charge is -2.17. The molecule has 1 heterocycles. The Bertz CT molecular complexity index is 462. The van der Waals surface area contributed by atoms with Crippen LogP contribution in [-0.2, 0) is 4.79 Å². The fourth-order valence-corrected chi connectivity index (χ4v) is 1.81. The Hall–Kier alpha value is -1.76. The first-order valence-electron chi connectivity index (χ1n) is 5.29. The maximum atomic E-state index is 12.1. The zero-order valence-electron chi connectivity index (χ0n) is 9.28. The van der Waals surface area contributed by atoms with Crippen LogP contribution < -0.4 is 15.4 Å². The largest absolute Gasteiger partial charge is 0.573 e. The number of carbonyl (C=O) groups is 1. The van der Waals surface area contributed by atoms with E-state index in [1.54, 1.807) is 6.07 Å². The van der Waals surface area contributed by atoms with Crippen molar-refractivity contribution in [2.24, 2.45) is 5.73 Å². The molecule has 98 valence electrons. The van der Waals surface area contributed by atoms with Crippen LogP contribution in [0.5, 0.6) is 5.75 Å². The molecule has 18 heavy (non-hydrogen) atoms. The van der Waals surface area contributed by atoms with E-state index in [0.29, 0.717) is 18.7 Å². The van der Waals surface area contributed by atoms with Crippen LogP contribution >= 0.6 is 0 Å². The molecule has 0 bridgehead atoms. The van der Waals surface area contributed by atoms with Crippen molar-refractivity contribution in [3.8, 4) is 5.75 Å². The lowest BCUT2D eigenvalue weighted by atomic mass is 10.2. The first kappa shape index (κ1) is 12.7. The molecule has 1 aromatic rings. The number of hydrogen-bond acceptors (Lipinski definition) is 3. The maximum absolute atomic E-state index is 12.1. The van der Waals surface area contributed by atoms with Crippen molar-refractivity contribution < 1.29 is 22.7 Å². The molecule has 1 fully saturated rings. The monoisotopic (exact) mass is 260 g/mol. The number of hydrogen-bond donors (Lipinski definition) is 1. The van der Waals surface area contributed by atoms with Gasteiger partial charge in [0.05, 0.1) is 6.04 Å². The van der Waals surface area contributed by atoms with Crippen molar-refractivity contribution in [1.29, 1.82) is 0 Å². The number of halogens is 3. The van der Waals surface area contributed by atoms with E-state index in [1.165, 1.54) is 23.1 Å². The quantitative estimate of drug-likeness (QED) is 0.879. The van der Waals surface area contributed by atoms with Crippen LogP contribution in [0.4, 0.5) is 18.9 Å². The van der Waals surface area contributed by atoms with Crippen LogP contribution in [0.15, 0.2) is 24.3 Å². The van der Waals surface area contributed by atoms with E-state index < -0.39 is 12.4 Å². The van der Waals surface area contributed by atoms with Crippen molar-refractivity contribution in [3.63, 3.8) is 0 Å². The van der Waals surface area contributed by atoms with Crippen molar-refractivity contribution in [3.05, 3.63) is 24.3 Å². The van der Waals surface area contributed by atoms with Crippen molar-refractivity contribution in [2.75, 3.05) is 11.4 Å². The lowest BCUT2D eigenvalue weighted by Crippen LogP contribution is -2.33. The average Bonchev–Trinajstić information content (AvgIpc) is 2.58. The molecule has 1 unspecified atom stereocenters. The SMILES string of the molecule is NC1CCN(c2cccc(OC(F)(F)F)c2)C1=O. The molecule has 0 saturated carbocycles. The average molecular weight is 260 g/mol. The van der Waals surface area contributed by atoms with Gasteiger partial charge >= 0.3 is 6.36 Å². The molecule has 1 amide bonds. The number of carbonyl (C=O) groups excluding carboxylic acids is 1. The van der Waals surface area contributed by atoms with Gasteiger partial charge in [0.15, 0.2) is 0 Å². The highest BCUT2D eigenvalue weighted by Crippen LogP contribution is 2.28. The molecular weight excluding hydrogens is 249 g/mol. The first-order valence-corrected chi connectivity index (χ1v) is 5.29. The van der Waals surface area contributed by atoms with Gasteiger partial charge in [-0.15, -0.1) is 13.2 Å². The second-order valence-electron chi connectivity index (χ2n) is 3.93. The fraction of sp³-hybridized carbons (Fsp3) is 0.364. The third-order valence-corrected chi connectivity index (χ3v) is 2.61. The molecule has 1 aromatic carbocycles. The second-order valence-corrected chi connectivity index (χ2v) is 3.93. The Morgan fingerprint density at radius 2 is 2.11 bits per heavy atom. The van der Waals surface area contributed by atoms with Gasteiger partial charge in [-0.2, -0.15) is 0 Å². The summed E-state index contributed by atoms with van der Waals surface area (Å²) in [6.45, 7) is 0.398. The van der Waals surface area contributed by atoms with Gasteiger partial charge in [0.2, 0.25) is 5.91 Å². The molecule has 1 saturated heterocycles. The molecule has 0 aliphatic carbocycles. The molecule has 2 rings (SSSR count). The summed E-state index contributed by atoms with van der Waals surface area (Å²) in [5.41, 5.74) is 5.90. The summed E-state index contributed by atoms with van der Waals surface area (Å²) in [5, 5.41) is 0. The number of nitrogens with two attached hydrogens (primary N) is 1. The van der Waals surface area contributed by atoms with Crippen LogP contribution in [0.25, 0.3) is 0 Å². The van der Waals surface area contributed by atoms with Crippen LogP contribution in [0.1, 0.15) is 6.42 Å². The van der Waals surface area contributed by atoms with Gasteiger partial charge in [-0.1, -0.05) is 6.07 Å². The van der Waals surface area contributed by atoms with Crippen LogP contribution in [-0.4, -0.2) is 24.9 Å². The highest BCUT2D eigenvalue weighted by atomic mass is 19.4. The normalized spacial score (nSPS) is 20.3. The smallest absolute Gasteiger partial charge is 0.406 e. The van der Waals surface area contributed by atoms with Crippen molar-refractivity contribution >= 4 is 11.6 Å². The second kappa shape index (κ2) is 4.49. The minimum atomic E-state index is -4.75. The number of alkyl halides is 3. The molecule has 1 aliphatic rings.